The zero-order valence-electron chi connectivity index (χ0n) is 17.5. The van der Waals surface area contributed by atoms with E-state index < -0.39 is 0 Å². The fourth-order valence-electron chi connectivity index (χ4n) is 4.40. The summed E-state index contributed by atoms with van der Waals surface area (Å²) in [4.78, 5) is 2.43. The van der Waals surface area contributed by atoms with E-state index in [-0.39, 0.29) is 12.6 Å². The predicted molar refractivity (Wildman–Crippen MR) is 122 cm³/mol. The third-order valence-electron chi connectivity index (χ3n) is 5.98. The number of rotatable bonds is 8. The van der Waals surface area contributed by atoms with E-state index in [1.54, 1.807) is 0 Å². The molecule has 0 amide bonds. The van der Waals surface area contributed by atoms with E-state index >= 15 is 0 Å². The van der Waals surface area contributed by atoms with Gasteiger partial charge in [-0.15, -0.1) is 12.3 Å². The van der Waals surface area contributed by atoms with Crippen LogP contribution in [0.3, 0.4) is 0 Å². The Bertz CT molecular complexity index is 1000. The van der Waals surface area contributed by atoms with Crippen molar-refractivity contribution in [1.82, 2.24) is 9.47 Å². The van der Waals surface area contributed by atoms with Gasteiger partial charge in [0, 0.05) is 42.7 Å². The Morgan fingerprint density at radius 2 is 1.97 bits per heavy atom. The lowest BCUT2D eigenvalue weighted by atomic mass is 10.0. The maximum atomic E-state index is 9.83. The largest absolute Gasteiger partial charge is 0.493 e. The lowest BCUT2D eigenvalue weighted by Gasteiger charge is -2.34. The number of likely N-dealkylation sites (tertiary alicyclic amines) is 1. The van der Waals surface area contributed by atoms with E-state index in [1.165, 1.54) is 34.9 Å². The standard InChI is InChI=1S/C26H30N2O2/c1-2-3-15-30-24-12-13-26-25(16-24)22(18-27-14-8-7-11-23(27)20-29)19-28(26)17-21-9-5-4-6-10-21/h1,4-6,9-10,12-13,16,19,23,29H,3,7-8,11,14-15,17-18,20H2. The summed E-state index contributed by atoms with van der Waals surface area (Å²) < 4.78 is 8.19. The van der Waals surface area contributed by atoms with Crippen LogP contribution in [-0.4, -0.2) is 40.4 Å². The van der Waals surface area contributed by atoms with Gasteiger partial charge in [-0.25, -0.2) is 0 Å². The highest BCUT2D eigenvalue weighted by molar-refractivity contribution is 5.85. The van der Waals surface area contributed by atoms with Gasteiger partial charge in [-0.3, -0.25) is 4.90 Å². The molecule has 1 aromatic heterocycles. The van der Waals surface area contributed by atoms with Crippen LogP contribution >= 0.6 is 0 Å². The highest BCUT2D eigenvalue weighted by Gasteiger charge is 2.23. The molecular weight excluding hydrogens is 372 g/mol. The zero-order valence-corrected chi connectivity index (χ0v) is 17.5. The van der Waals surface area contributed by atoms with E-state index in [0.717, 1.165) is 31.8 Å². The van der Waals surface area contributed by atoms with Gasteiger partial charge in [0.25, 0.3) is 0 Å². The van der Waals surface area contributed by atoms with Crippen molar-refractivity contribution < 1.29 is 9.84 Å². The highest BCUT2D eigenvalue weighted by atomic mass is 16.5. The van der Waals surface area contributed by atoms with Gasteiger partial charge >= 0.3 is 0 Å². The number of aliphatic hydroxyl groups is 1. The Kier molecular flexibility index (Phi) is 6.74. The molecule has 156 valence electrons. The summed E-state index contributed by atoms with van der Waals surface area (Å²) >= 11 is 0. The number of ether oxygens (including phenoxy) is 1. The van der Waals surface area contributed by atoms with Crippen LogP contribution in [0.4, 0.5) is 0 Å². The molecule has 0 radical (unpaired) electrons. The molecule has 1 aliphatic heterocycles. The quantitative estimate of drug-likeness (QED) is 0.447. The van der Waals surface area contributed by atoms with Gasteiger partial charge in [0.15, 0.2) is 0 Å². The summed E-state index contributed by atoms with van der Waals surface area (Å²) in [5.74, 6) is 3.48. The average molecular weight is 403 g/mol. The minimum absolute atomic E-state index is 0.225. The van der Waals surface area contributed by atoms with Crippen molar-refractivity contribution in [1.29, 1.82) is 0 Å². The van der Waals surface area contributed by atoms with Crippen LogP contribution in [0.2, 0.25) is 0 Å². The molecule has 3 aromatic rings. The monoisotopic (exact) mass is 402 g/mol. The molecular formula is C26H30N2O2. The number of nitrogens with zero attached hydrogens (tertiary/aromatic N) is 2. The SMILES string of the molecule is C#CCCOc1ccc2c(c1)c(CN1CCCCC1CO)cn2Cc1ccccc1. The van der Waals surface area contributed by atoms with Gasteiger partial charge in [0.2, 0.25) is 0 Å². The summed E-state index contributed by atoms with van der Waals surface area (Å²) in [6.45, 7) is 3.47. The van der Waals surface area contributed by atoms with Gasteiger partial charge < -0.3 is 14.4 Å². The molecule has 1 aliphatic rings. The van der Waals surface area contributed by atoms with Crippen LogP contribution in [0.5, 0.6) is 5.75 Å². The molecule has 1 atom stereocenters. The van der Waals surface area contributed by atoms with Crippen molar-refractivity contribution in [3.8, 4) is 18.1 Å². The summed E-state index contributed by atoms with van der Waals surface area (Å²) in [7, 11) is 0. The molecule has 0 aliphatic carbocycles. The van der Waals surface area contributed by atoms with Gasteiger partial charge in [0.05, 0.1) is 13.2 Å². The molecule has 0 saturated carbocycles. The third-order valence-corrected chi connectivity index (χ3v) is 5.98. The number of piperidine rings is 1. The van der Waals surface area contributed by atoms with Crippen molar-refractivity contribution in [2.24, 2.45) is 0 Å². The first-order chi connectivity index (χ1) is 14.8. The van der Waals surface area contributed by atoms with Gasteiger partial charge in [-0.1, -0.05) is 36.8 Å². The smallest absolute Gasteiger partial charge is 0.120 e. The topological polar surface area (TPSA) is 37.6 Å². The minimum Gasteiger partial charge on any atom is -0.493 e. The van der Waals surface area contributed by atoms with E-state index in [9.17, 15) is 5.11 Å². The van der Waals surface area contributed by atoms with Crippen LogP contribution in [0.1, 0.15) is 36.8 Å². The molecule has 1 fully saturated rings. The summed E-state index contributed by atoms with van der Waals surface area (Å²) in [5.41, 5.74) is 3.76. The van der Waals surface area contributed by atoms with Crippen LogP contribution in [-0.2, 0) is 13.1 Å². The number of aromatic nitrogens is 1. The Morgan fingerprint density at radius 3 is 2.77 bits per heavy atom. The van der Waals surface area contributed by atoms with Crippen LogP contribution in [0.15, 0.2) is 54.7 Å². The van der Waals surface area contributed by atoms with Crippen LogP contribution < -0.4 is 4.74 Å². The lowest BCUT2D eigenvalue weighted by molar-refractivity contribution is 0.0844. The number of hydrogen-bond donors (Lipinski definition) is 1. The molecule has 4 heteroatoms. The number of benzene rings is 2. The fraction of sp³-hybridized carbons (Fsp3) is 0.385. The maximum Gasteiger partial charge on any atom is 0.120 e. The van der Waals surface area contributed by atoms with Crippen molar-refractivity contribution in [2.75, 3.05) is 19.8 Å². The normalized spacial score (nSPS) is 17.1. The second-order valence-corrected chi connectivity index (χ2v) is 8.05. The number of fused-ring (bicyclic) bond motifs is 1. The first-order valence-electron chi connectivity index (χ1n) is 10.9. The first kappa shape index (κ1) is 20.5. The number of hydrogen-bond acceptors (Lipinski definition) is 3. The van der Waals surface area contributed by atoms with Crippen molar-refractivity contribution in [2.45, 2.75) is 44.8 Å². The number of aliphatic hydroxyl groups excluding tert-OH is 1. The molecule has 0 spiro atoms. The molecule has 2 aromatic carbocycles. The van der Waals surface area contributed by atoms with E-state index in [0.29, 0.717) is 13.0 Å². The minimum atomic E-state index is 0.225. The second-order valence-electron chi connectivity index (χ2n) is 8.05. The number of terminal acetylenes is 1. The van der Waals surface area contributed by atoms with Gasteiger partial charge in [-0.05, 0) is 48.7 Å². The average Bonchev–Trinajstić information content (AvgIpc) is 3.11. The summed E-state index contributed by atoms with van der Waals surface area (Å²) in [6.07, 6.45) is 11.7. The zero-order chi connectivity index (χ0) is 20.8. The maximum absolute atomic E-state index is 9.83. The molecule has 0 bridgehead atoms. The van der Waals surface area contributed by atoms with Gasteiger partial charge in [0.1, 0.15) is 5.75 Å². The van der Waals surface area contributed by atoms with Crippen molar-refractivity contribution in [3.05, 3.63) is 65.9 Å². The molecule has 4 nitrogen and oxygen atoms in total. The predicted octanol–water partition coefficient (Wildman–Crippen LogP) is 4.44. The fourth-order valence-corrected chi connectivity index (χ4v) is 4.40. The van der Waals surface area contributed by atoms with Gasteiger partial charge in [-0.2, -0.15) is 0 Å². The van der Waals surface area contributed by atoms with E-state index in [4.69, 9.17) is 11.2 Å². The second kappa shape index (κ2) is 9.84. The Hall–Kier alpha value is -2.74. The molecule has 1 saturated heterocycles. The Labute approximate surface area is 179 Å². The van der Waals surface area contributed by atoms with Crippen LogP contribution in [0.25, 0.3) is 10.9 Å². The Morgan fingerprint density at radius 1 is 1.10 bits per heavy atom. The van der Waals surface area contributed by atoms with Crippen LogP contribution in [0, 0.1) is 12.3 Å². The van der Waals surface area contributed by atoms with Crippen molar-refractivity contribution >= 4 is 10.9 Å². The van der Waals surface area contributed by atoms with E-state index in [1.807, 2.05) is 12.1 Å². The van der Waals surface area contributed by atoms with E-state index in [2.05, 4.69) is 58.0 Å². The molecule has 2 heterocycles. The summed E-state index contributed by atoms with van der Waals surface area (Å²) in [5, 5.41) is 11.0. The lowest BCUT2D eigenvalue weighted by Crippen LogP contribution is -2.41. The molecule has 1 N–H and O–H groups in total. The third kappa shape index (κ3) is 4.70. The van der Waals surface area contributed by atoms with Crippen molar-refractivity contribution in [3.63, 3.8) is 0 Å². The molecule has 30 heavy (non-hydrogen) atoms. The summed E-state index contributed by atoms with van der Waals surface area (Å²) in [6, 6.07) is 17.1. The molecule has 1 unspecified atom stereocenters. The first-order valence-corrected chi connectivity index (χ1v) is 10.9. The molecule has 4 rings (SSSR count). The highest BCUT2D eigenvalue weighted by Crippen LogP contribution is 2.29. The Balaban J connectivity index is 1.66.